The highest BCUT2D eigenvalue weighted by Gasteiger charge is 2.52. The van der Waals surface area contributed by atoms with Crippen molar-refractivity contribution < 1.29 is 14.4 Å². The minimum atomic E-state index is -0.921. The zero-order valence-electron chi connectivity index (χ0n) is 15.1. The Bertz CT molecular complexity index is 923. The number of fused-ring (bicyclic) bond motifs is 1. The Morgan fingerprint density at radius 1 is 1.26 bits per heavy atom. The van der Waals surface area contributed by atoms with Crippen LogP contribution in [-0.4, -0.2) is 34.8 Å². The van der Waals surface area contributed by atoms with Crippen LogP contribution in [0.4, 0.5) is 4.79 Å². The van der Waals surface area contributed by atoms with Gasteiger partial charge in [0.2, 0.25) is 5.91 Å². The summed E-state index contributed by atoms with van der Waals surface area (Å²) < 4.78 is 0. The third-order valence-corrected chi connectivity index (χ3v) is 6.42. The van der Waals surface area contributed by atoms with Gasteiger partial charge in [0.1, 0.15) is 12.1 Å². The molecule has 1 aromatic heterocycles. The Balaban J connectivity index is 1.43. The van der Waals surface area contributed by atoms with E-state index >= 15 is 0 Å². The molecule has 27 heavy (non-hydrogen) atoms. The fraction of sp³-hybridized carbons (Fsp3) is 0.350. The van der Waals surface area contributed by atoms with Crippen LogP contribution in [0.15, 0.2) is 35.7 Å². The van der Waals surface area contributed by atoms with E-state index in [4.69, 9.17) is 0 Å². The molecule has 1 aliphatic carbocycles. The van der Waals surface area contributed by atoms with E-state index < -0.39 is 11.6 Å². The van der Waals surface area contributed by atoms with Gasteiger partial charge >= 0.3 is 6.03 Å². The lowest BCUT2D eigenvalue weighted by molar-refractivity contribution is -0.135. The molecule has 0 bridgehead atoms. The maximum atomic E-state index is 13.0. The first-order valence-electron chi connectivity index (χ1n) is 8.99. The van der Waals surface area contributed by atoms with Gasteiger partial charge < -0.3 is 10.6 Å². The number of benzene rings is 1. The lowest BCUT2D eigenvalue weighted by Gasteiger charge is -2.32. The van der Waals surface area contributed by atoms with Gasteiger partial charge in [-0.2, -0.15) is 0 Å². The lowest BCUT2D eigenvalue weighted by atomic mass is 9.78. The number of aryl methyl sites for hydroxylation is 2. The van der Waals surface area contributed by atoms with E-state index in [0.29, 0.717) is 19.4 Å². The van der Waals surface area contributed by atoms with Crippen molar-refractivity contribution in [2.75, 3.05) is 6.54 Å². The molecule has 2 N–H and O–H groups in total. The van der Waals surface area contributed by atoms with Crippen LogP contribution >= 0.6 is 11.3 Å². The molecule has 1 unspecified atom stereocenters. The fourth-order valence-electron chi connectivity index (χ4n) is 3.81. The molecule has 7 heteroatoms. The molecule has 1 spiro atoms. The van der Waals surface area contributed by atoms with Crippen LogP contribution in [0.2, 0.25) is 0 Å². The quantitative estimate of drug-likeness (QED) is 0.794. The average Bonchev–Trinajstić information content (AvgIpc) is 3.16. The van der Waals surface area contributed by atoms with Crippen LogP contribution in [0.3, 0.4) is 0 Å². The number of imide groups is 1. The van der Waals surface area contributed by atoms with E-state index in [2.05, 4.69) is 16.7 Å². The molecular weight excluding hydrogens is 362 g/mol. The molecule has 1 saturated heterocycles. The maximum absolute atomic E-state index is 13.0. The molecule has 2 aliphatic rings. The summed E-state index contributed by atoms with van der Waals surface area (Å²) in [4.78, 5) is 39.8. The second-order valence-electron chi connectivity index (χ2n) is 7.15. The van der Waals surface area contributed by atoms with Crippen molar-refractivity contribution in [2.45, 2.75) is 38.3 Å². The number of hydrogen-bond donors (Lipinski definition) is 2. The van der Waals surface area contributed by atoms with Gasteiger partial charge in [0.25, 0.3) is 5.91 Å². The molecular formula is C20H21N3O3S. The SMILES string of the molecule is Cc1ccsc1CNC(=O)CN1C(=O)NC2(CCc3ccccc3C2)C1=O. The summed E-state index contributed by atoms with van der Waals surface area (Å²) in [6.07, 6.45) is 1.77. The van der Waals surface area contributed by atoms with E-state index in [1.54, 1.807) is 11.3 Å². The van der Waals surface area contributed by atoms with E-state index in [-0.39, 0.29) is 18.4 Å². The highest BCUT2D eigenvalue weighted by atomic mass is 32.1. The number of nitrogens with one attached hydrogen (secondary N) is 2. The van der Waals surface area contributed by atoms with Crippen molar-refractivity contribution in [3.8, 4) is 0 Å². The van der Waals surface area contributed by atoms with E-state index in [9.17, 15) is 14.4 Å². The number of carbonyl (C=O) groups is 3. The molecule has 1 aliphatic heterocycles. The number of urea groups is 1. The molecule has 6 nitrogen and oxygen atoms in total. The molecule has 2 heterocycles. The Morgan fingerprint density at radius 3 is 2.78 bits per heavy atom. The largest absolute Gasteiger partial charge is 0.350 e. The monoisotopic (exact) mass is 383 g/mol. The van der Waals surface area contributed by atoms with Gasteiger partial charge in [-0.3, -0.25) is 14.5 Å². The van der Waals surface area contributed by atoms with Gasteiger partial charge in [-0.05, 0) is 47.9 Å². The van der Waals surface area contributed by atoms with E-state index in [1.165, 1.54) is 5.56 Å². The molecule has 4 rings (SSSR count). The predicted molar refractivity (Wildman–Crippen MR) is 102 cm³/mol. The molecule has 0 radical (unpaired) electrons. The van der Waals surface area contributed by atoms with Crippen LogP contribution in [0.1, 0.15) is 28.0 Å². The van der Waals surface area contributed by atoms with Crippen LogP contribution < -0.4 is 10.6 Å². The molecule has 1 aromatic carbocycles. The van der Waals surface area contributed by atoms with Crippen LogP contribution in [0, 0.1) is 6.92 Å². The van der Waals surface area contributed by atoms with Crippen LogP contribution in [0.25, 0.3) is 0 Å². The zero-order chi connectivity index (χ0) is 19.0. The van der Waals surface area contributed by atoms with Gasteiger partial charge in [0.05, 0.1) is 6.54 Å². The van der Waals surface area contributed by atoms with Gasteiger partial charge in [-0.25, -0.2) is 4.79 Å². The van der Waals surface area contributed by atoms with Gasteiger partial charge in [-0.1, -0.05) is 24.3 Å². The number of nitrogens with zero attached hydrogens (tertiary/aromatic N) is 1. The summed E-state index contributed by atoms with van der Waals surface area (Å²) in [5.41, 5.74) is 2.50. The highest BCUT2D eigenvalue weighted by molar-refractivity contribution is 7.10. The Morgan fingerprint density at radius 2 is 2.04 bits per heavy atom. The van der Waals surface area contributed by atoms with Gasteiger partial charge in [-0.15, -0.1) is 11.3 Å². The average molecular weight is 383 g/mol. The highest BCUT2D eigenvalue weighted by Crippen LogP contribution is 2.33. The summed E-state index contributed by atoms with van der Waals surface area (Å²) >= 11 is 1.57. The predicted octanol–water partition coefficient (Wildman–Crippen LogP) is 2.15. The number of amides is 4. The first-order chi connectivity index (χ1) is 13.0. The van der Waals surface area contributed by atoms with E-state index in [1.807, 2.05) is 36.6 Å². The molecule has 0 saturated carbocycles. The Hall–Kier alpha value is -2.67. The first-order valence-corrected chi connectivity index (χ1v) is 9.87. The fourth-order valence-corrected chi connectivity index (χ4v) is 4.65. The van der Waals surface area contributed by atoms with Crippen molar-refractivity contribution in [3.63, 3.8) is 0 Å². The summed E-state index contributed by atoms with van der Waals surface area (Å²) in [6, 6.07) is 9.49. The van der Waals surface area contributed by atoms with Gasteiger partial charge in [0, 0.05) is 11.3 Å². The number of thiophene rings is 1. The van der Waals surface area contributed by atoms with Crippen molar-refractivity contribution in [1.29, 1.82) is 0 Å². The van der Waals surface area contributed by atoms with Crippen molar-refractivity contribution in [1.82, 2.24) is 15.5 Å². The third kappa shape index (κ3) is 3.23. The van der Waals surface area contributed by atoms with E-state index in [0.717, 1.165) is 27.3 Å². The summed E-state index contributed by atoms with van der Waals surface area (Å²) in [5, 5.41) is 7.62. The molecule has 4 amide bonds. The number of rotatable bonds is 4. The second kappa shape index (κ2) is 6.81. The lowest BCUT2D eigenvalue weighted by Crippen LogP contribution is -2.51. The minimum Gasteiger partial charge on any atom is -0.350 e. The summed E-state index contributed by atoms with van der Waals surface area (Å²) in [6.45, 7) is 2.14. The van der Waals surface area contributed by atoms with Crippen molar-refractivity contribution >= 4 is 29.2 Å². The molecule has 1 fully saturated rings. The van der Waals surface area contributed by atoms with Crippen molar-refractivity contribution in [3.05, 3.63) is 57.3 Å². The maximum Gasteiger partial charge on any atom is 0.325 e. The van der Waals surface area contributed by atoms with Crippen LogP contribution in [-0.2, 0) is 29.0 Å². The Kier molecular flexibility index (Phi) is 4.47. The smallest absolute Gasteiger partial charge is 0.325 e. The normalized spacial score (nSPS) is 21.3. The van der Waals surface area contributed by atoms with Crippen molar-refractivity contribution in [2.24, 2.45) is 0 Å². The Labute approximate surface area is 161 Å². The zero-order valence-corrected chi connectivity index (χ0v) is 15.9. The molecule has 1 atom stereocenters. The first kappa shape index (κ1) is 17.7. The summed E-state index contributed by atoms with van der Waals surface area (Å²) in [5.74, 6) is -0.635. The van der Waals surface area contributed by atoms with Crippen LogP contribution in [0.5, 0.6) is 0 Å². The minimum absolute atomic E-state index is 0.252. The topological polar surface area (TPSA) is 78.5 Å². The molecule has 140 valence electrons. The standard InChI is InChI=1S/C20H21N3O3S/c1-13-7-9-27-16(13)11-21-17(24)12-23-18(25)20(22-19(23)26)8-6-14-4-2-3-5-15(14)10-20/h2-5,7,9H,6,8,10-12H2,1H3,(H,21,24)(H,22,26). The molecule has 2 aromatic rings. The second-order valence-corrected chi connectivity index (χ2v) is 8.15. The summed E-state index contributed by atoms with van der Waals surface area (Å²) in [7, 11) is 0. The number of carbonyl (C=O) groups excluding carboxylic acids is 3. The van der Waals surface area contributed by atoms with Gasteiger partial charge in [0.15, 0.2) is 0 Å². The third-order valence-electron chi connectivity index (χ3n) is 5.39. The number of hydrogen-bond acceptors (Lipinski definition) is 4.